The lowest BCUT2D eigenvalue weighted by molar-refractivity contribution is 0.724. The molecule has 26 heavy (non-hydrogen) atoms. The van der Waals surface area contributed by atoms with E-state index in [0.717, 1.165) is 32.7 Å². The predicted molar refractivity (Wildman–Crippen MR) is 109 cm³/mol. The average Bonchev–Trinajstić information content (AvgIpc) is 3.00. The van der Waals surface area contributed by atoms with Crippen molar-refractivity contribution in [2.75, 3.05) is 0 Å². The Morgan fingerprint density at radius 3 is 2.77 bits per heavy atom. The van der Waals surface area contributed by atoms with Crippen LogP contribution in [0.3, 0.4) is 0 Å². The Morgan fingerprint density at radius 2 is 1.92 bits per heavy atom. The van der Waals surface area contributed by atoms with E-state index in [4.69, 9.17) is 16.6 Å². The van der Waals surface area contributed by atoms with Gasteiger partial charge in [0, 0.05) is 17.0 Å². The Balaban J connectivity index is 1.68. The maximum absolute atomic E-state index is 6.37. The minimum atomic E-state index is 0.656. The molecule has 0 fully saturated rings. The number of pyridine rings is 1. The molecule has 2 heterocycles. The molecule has 4 aromatic rings. The first-order chi connectivity index (χ1) is 12.7. The first-order valence-corrected chi connectivity index (χ1v) is 9.80. The number of fused-ring (bicyclic) bond motifs is 1. The van der Waals surface area contributed by atoms with Crippen molar-refractivity contribution in [1.82, 2.24) is 14.5 Å². The molecule has 0 aliphatic rings. The summed E-state index contributed by atoms with van der Waals surface area (Å²) in [7, 11) is 0. The fourth-order valence-electron chi connectivity index (χ4n) is 2.94. The van der Waals surface area contributed by atoms with Crippen LogP contribution in [0.15, 0.2) is 72.0 Å². The third-order valence-electron chi connectivity index (χ3n) is 4.21. The minimum Gasteiger partial charge on any atom is -0.299 e. The Morgan fingerprint density at radius 1 is 1.04 bits per heavy atom. The Kier molecular flexibility index (Phi) is 4.96. The van der Waals surface area contributed by atoms with Crippen LogP contribution in [0.2, 0.25) is 5.02 Å². The fraction of sp³-hybridized carbons (Fsp3) is 0.143. The van der Waals surface area contributed by atoms with Gasteiger partial charge in [0.1, 0.15) is 5.52 Å². The van der Waals surface area contributed by atoms with Gasteiger partial charge in [0.05, 0.1) is 6.54 Å². The quantitative estimate of drug-likeness (QED) is 0.414. The van der Waals surface area contributed by atoms with E-state index in [-0.39, 0.29) is 0 Å². The van der Waals surface area contributed by atoms with Crippen LogP contribution >= 0.6 is 23.4 Å². The maximum Gasteiger partial charge on any atom is 0.170 e. The molecule has 4 rings (SSSR count). The molecule has 3 nitrogen and oxygen atoms in total. The number of imidazole rings is 1. The van der Waals surface area contributed by atoms with E-state index >= 15 is 0 Å². The Bertz CT molecular complexity index is 1060. The molecule has 0 aliphatic carbocycles. The lowest BCUT2D eigenvalue weighted by Gasteiger charge is -2.10. The number of hydrogen-bond donors (Lipinski definition) is 0. The van der Waals surface area contributed by atoms with Crippen molar-refractivity contribution in [3.63, 3.8) is 0 Å². The molecule has 0 unspecified atom stereocenters. The van der Waals surface area contributed by atoms with Crippen molar-refractivity contribution < 1.29 is 0 Å². The standard InChI is InChI=1S/C21H18ClN3S/c1-15-6-4-7-16(12-15)14-26-21-24-19-10-5-11-23-20(19)25(21)13-17-8-2-3-9-18(17)22/h2-12H,13-14H2,1H3. The summed E-state index contributed by atoms with van der Waals surface area (Å²) >= 11 is 8.10. The number of halogens is 1. The van der Waals surface area contributed by atoms with Gasteiger partial charge < -0.3 is 0 Å². The number of benzene rings is 2. The molecule has 0 atom stereocenters. The summed E-state index contributed by atoms with van der Waals surface area (Å²) in [5.41, 5.74) is 5.43. The van der Waals surface area contributed by atoms with Gasteiger partial charge in [-0.25, -0.2) is 9.97 Å². The summed E-state index contributed by atoms with van der Waals surface area (Å²) < 4.78 is 2.15. The molecule has 0 saturated heterocycles. The first-order valence-electron chi connectivity index (χ1n) is 8.44. The summed E-state index contributed by atoms with van der Waals surface area (Å²) in [6, 6.07) is 20.4. The van der Waals surface area contributed by atoms with E-state index in [1.165, 1.54) is 11.1 Å². The van der Waals surface area contributed by atoms with Gasteiger partial charge in [-0.15, -0.1) is 0 Å². The lowest BCUT2D eigenvalue weighted by Crippen LogP contribution is -2.03. The van der Waals surface area contributed by atoms with Crippen molar-refractivity contribution in [1.29, 1.82) is 0 Å². The van der Waals surface area contributed by atoms with Gasteiger partial charge in [-0.3, -0.25) is 4.57 Å². The molecule has 2 aromatic carbocycles. The Hall–Kier alpha value is -2.30. The average molecular weight is 380 g/mol. The number of nitrogens with zero attached hydrogens (tertiary/aromatic N) is 3. The van der Waals surface area contributed by atoms with Crippen LogP contribution in [0.4, 0.5) is 0 Å². The van der Waals surface area contributed by atoms with Crippen molar-refractivity contribution in [3.05, 3.63) is 88.6 Å². The SMILES string of the molecule is Cc1cccc(CSc2nc3cccnc3n2Cc2ccccc2Cl)c1. The third-order valence-corrected chi connectivity index (χ3v) is 5.62. The second kappa shape index (κ2) is 7.52. The van der Waals surface area contributed by atoms with E-state index in [1.807, 2.05) is 42.6 Å². The number of hydrogen-bond acceptors (Lipinski definition) is 3. The largest absolute Gasteiger partial charge is 0.299 e. The van der Waals surface area contributed by atoms with Crippen LogP contribution in [0, 0.1) is 6.92 Å². The van der Waals surface area contributed by atoms with Crippen LogP contribution in [0.5, 0.6) is 0 Å². The van der Waals surface area contributed by atoms with Crippen LogP contribution in [0.1, 0.15) is 16.7 Å². The van der Waals surface area contributed by atoms with E-state index in [0.29, 0.717) is 6.54 Å². The highest BCUT2D eigenvalue weighted by atomic mass is 35.5. The van der Waals surface area contributed by atoms with Gasteiger partial charge in [0.2, 0.25) is 0 Å². The number of aryl methyl sites for hydroxylation is 1. The molecule has 0 N–H and O–H groups in total. The monoisotopic (exact) mass is 379 g/mol. The summed E-state index contributed by atoms with van der Waals surface area (Å²) in [6.45, 7) is 2.77. The van der Waals surface area contributed by atoms with Crippen LogP contribution in [-0.4, -0.2) is 14.5 Å². The van der Waals surface area contributed by atoms with E-state index in [9.17, 15) is 0 Å². The smallest absolute Gasteiger partial charge is 0.170 e. The van der Waals surface area contributed by atoms with Gasteiger partial charge >= 0.3 is 0 Å². The topological polar surface area (TPSA) is 30.7 Å². The van der Waals surface area contributed by atoms with Crippen LogP contribution in [0.25, 0.3) is 11.2 Å². The molecule has 130 valence electrons. The molecular formula is C21H18ClN3S. The van der Waals surface area contributed by atoms with Crippen molar-refractivity contribution >= 4 is 34.5 Å². The molecule has 0 bridgehead atoms. The molecule has 2 aromatic heterocycles. The van der Waals surface area contributed by atoms with Crippen LogP contribution in [-0.2, 0) is 12.3 Å². The Labute approximate surface area is 162 Å². The van der Waals surface area contributed by atoms with E-state index in [2.05, 4.69) is 40.7 Å². The number of rotatable bonds is 5. The van der Waals surface area contributed by atoms with Gasteiger partial charge in [0.25, 0.3) is 0 Å². The summed E-state index contributed by atoms with van der Waals surface area (Å²) in [5.74, 6) is 0.869. The van der Waals surface area contributed by atoms with E-state index < -0.39 is 0 Å². The summed E-state index contributed by atoms with van der Waals surface area (Å²) in [5, 5.41) is 1.72. The third kappa shape index (κ3) is 3.62. The van der Waals surface area contributed by atoms with Crippen LogP contribution < -0.4 is 0 Å². The van der Waals surface area contributed by atoms with Crippen molar-refractivity contribution in [2.45, 2.75) is 24.4 Å². The van der Waals surface area contributed by atoms with Gasteiger partial charge in [-0.2, -0.15) is 0 Å². The normalized spacial score (nSPS) is 11.2. The molecule has 0 radical (unpaired) electrons. The molecule has 0 amide bonds. The van der Waals surface area contributed by atoms with Gasteiger partial charge in [-0.1, -0.05) is 71.4 Å². The zero-order valence-corrected chi connectivity index (χ0v) is 16.0. The summed E-state index contributed by atoms with van der Waals surface area (Å²) in [4.78, 5) is 9.34. The second-order valence-corrected chi connectivity index (χ2v) is 7.55. The molecular weight excluding hydrogens is 362 g/mol. The number of aromatic nitrogens is 3. The zero-order chi connectivity index (χ0) is 17.9. The highest BCUT2D eigenvalue weighted by molar-refractivity contribution is 7.98. The van der Waals surface area contributed by atoms with Crippen molar-refractivity contribution in [3.8, 4) is 0 Å². The lowest BCUT2D eigenvalue weighted by atomic mass is 10.2. The highest BCUT2D eigenvalue weighted by Crippen LogP contribution is 2.28. The minimum absolute atomic E-state index is 0.656. The molecule has 0 aliphatic heterocycles. The maximum atomic E-state index is 6.37. The van der Waals surface area contributed by atoms with E-state index in [1.54, 1.807) is 11.8 Å². The highest BCUT2D eigenvalue weighted by Gasteiger charge is 2.14. The fourth-order valence-corrected chi connectivity index (χ4v) is 4.08. The molecule has 5 heteroatoms. The zero-order valence-electron chi connectivity index (χ0n) is 14.4. The predicted octanol–water partition coefficient (Wildman–Crippen LogP) is 5.73. The van der Waals surface area contributed by atoms with Gasteiger partial charge in [0.15, 0.2) is 10.8 Å². The second-order valence-electron chi connectivity index (χ2n) is 6.20. The van der Waals surface area contributed by atoms with Gasteiger partial charge in [-0.05, 0) is 36.2 Å². The summed E-state index contributed by atoms with van der Waals surface area (Å²) in [6.07, 6.45) is 1.81. The first kappa shape index (κ1) is 17.1. The van der Waals surface area contributed by atoms with Crippen molar-refractivity contribution in [2.24, 2.45) is 0 Å². The number of thioether (sulfide) groups is 1. The molecule has 0 spiro atoms. The molecule has 0 saturated carbocycles.